The number of amides is 2. The minimum Gasteiger partial charge on any atom is -0.326 e. The van der Waals surface area contributed by atoms with Gasteiger partial charge in [0.15, 0.2) is 0 Å². The quantitative estimate of drug-likeness (QED) is 0.881. The van der Waals surface area contributed by atoms with Crippen LogP contribution in [0.2, 0.25) is 0 Å². The lowest BCUT2D eigenvalue weighted by Gasteiger charge is -2.27. The van der Waals surface area contributed by atoms with E-state index in [1.807, 2.05) is 48.5 Å². The summed E-state index contributed by atoms with van der Waals surface area (Å²) < 4.78 is 0. The molecule has 0 fully saturated rings. The van der Waals surface area contributed by atoms with E-state index in [9.17, 15) is 9.59 Å². The smallest absolute Gasteiger partial charge is 0.259 e. The van der Waals surface area contributed by atoms with Crippen LogP contribution in [0.15, 0.2) is 61.2 Å². The third-order valence-corrected chi connectivity index (χ3v) is 3.84. The molecule has 0 unspecified atom stereocenters. The molecule has 0 bridgehead atoms. The molecule has 120 valence electrons. The molecular formula is C20H18N2O2. The van der Waals surface area contributed by atoms with Crippen LogP contribution in [-0.4, -0.2) is 18.4 Å². The topological polar surface area (TPSA) is 49.4 Å². The Bertz CT molecular complexity index is 852. The number of carbonyl (C=O) groups is 2. The molecule has 3 rings (SSSR count). The van der Waals surface area contributed by atoms with Crippen LogP contribution in [0, 0.1) is 0 Å². The van der Waals surface area contributed by atoms with Crippen molar-refractivity contribution in [1.82, 2.24) is 5.32 Å². The zero-order chi connectivity index (χ0) is 17.1. The fourth-order valence-corrected chi connectivity index (χ4v) is 2.85. The third kappa shape index (κ3) is 2.86. The Balaban J connectivity index is 2.30. The van der Waals surface area contributed by atoms with Gasteiger partial charge in [-0.15, -0.1) is 6.58 Å². The molecule has 1 heterocycles. The highest BCUT2D eigenvalue weighted by atomic mass is 16.2. The van der Waals surface area contributed by atoms with E-state index in [1.165, 1.54) is 6.92 Å². The predicted molar refractivity (Wildman–Crippen MR) is 96.4 cm³/mol. The van der Waals surface area contributed by atoms with Gasteiger partial charge in [-0.25, -0.2) is 0 Å². The van der Waals surface area contributed by atoms with Gasteiger partial charge in [-0.05, 0) is 23.8 Å². The molecule has 2 aromatic carbocycles. The van der Waals surface area contributed by atoms with Crippen molar-refractivity contribution in [3.05, 3.63) is 77.9 Å². The maximum absolute atomic E-state index is 13.0. The highest BCUT2D eigenvalue weighted by Crippen LogP contribution is 2.32. The fourth-order valence-electron chi connectivity index (χ4n) is 2.85. The van der Waals surface area contributed by atoms with Crippen molar-refractivity contribution in [2.45, 2.75) is 6.92 Å². The van der Waals surface area contributed by atoms with E-state index in [0.717, 1.165) is 16.8 Å². The van der Waals surface area contributed by atoms with Gasteiger partial charge in [-0.3, -0.25) is 9.59 Å². The number of nitrogens with zero attached hydrogens (tertiary/aromatic N) is 1. The number of carbonyl (C=O) groups excluding carboxylic acids is 2. The van der Waals surface area contributed by atoms with Crippen molar-refractivity contribution in [2.24, 2.45) is 0 Å². The molecule has 1 aliphatic heterocycles. The van der Waals surface area contributed by atoms with Crippen molar-refractivity contribution in [2.75, 3.05) is 11.4 Å². The van der Waals surface area contributed by atoms with Crippen LogP contribution in [0.4, 0.5) is 5.69 Å². The maximum atomic E-state index is 13.0. The van der Waals surface area contributed by atoms with E-state index in [2.05, 4.69) is 11.9 Å². The second-order valence-corrected chi connectivity index (χ2v) is 5.55. The highest BCUT2D eigenvalue weighted by Gasteiger charge is 2.25. The van der Waals surface area contributed by atoms with Crippen LogP contribution in [-0.2, 0) is 4.79 Å². The summed E-state index contributed by atoms with van der Waals surface area (Å²) in [4.78, 5) is 26.4. The first kappa shape index (κ1) is 15.7. The van der Waals surface area contributed by atoms with Gasteiger partial charge in [0.05, 0.1) is 11.4 Å². The van der Waals surface area contributed by atoms with Crippen LogP contribution in [0.1, 0.15) is 28.4 Å². The predicted octanol–water partition coefficient (Wildman–Crippen LogP) is 3.47. The van der Waals surface area contributed by atoms with Gasteiger partial charge in [-0.1, -0.05) is 42.5 Å². The Morgan fingerprint density at radius 2 is 1.79 bits per heavy atom. The van der Waals surface area contributed by atoms with Gasteiger partial charge in [0.1, 0.15) is 0 Å². The first-order valence-corrected chi connectivity index (χ1v) is 7.72. The Morgan fingerprint density at radius 1 is 1.12 bits per heavy atom. The van der Waals surface area contributed by atoms with Crippen LogP contribution in [0.5, 0.6) is 0 Å². The molecule has 0 spiro atoms. The van der Waals surface area contributed by atoms with E-state index in [-0.39, 0.29) is 11.8 Å². The number of hydrogen-bond acceptors (Lipinski definition) is 2. The Labute approximate surface area is 141 Å². The lowest BCUT2D eigenvalue weighted by atomic mass is 9.98. The van der Waals surface area contributed by atoms with Crippen LogP contribution in [0.25, 0.3) is 11.8 Å². The first-order valence-electron chi connectivity index (χ1n) is 7.72. The molecule has 4 heteroatoms. The van der Waals surface area contributed by atoms with Crippen molar-refractivity contribution >= 4 is 29.3 Å². The SMILES string of the molecule is C=CCN1C(=O)c2ccccc2/C=C(/NC(C)=O)c2ccccc21. The van der Waals surface area contributed by atoms with E-state index in [0.29, 0.717) is 17.8 Å². The largest absolute Gasteiger partial charge is 0.326 e. The summed E-state index contributed by atoms with van der Waals surface area (Å²) in [5.41, 5.74) is 3.59. The average Bonchev–Trinajstić information content (AvgIpc) is 2.58. The molecule has 2 amide bonds. The van der Waals surface area contributed by atoms with Gasteiger partial charge in [0, 0.05) is 24.6 Å². The molecule has 0 saturated carbocycles. The van der Waals surface area contributed by atoms with Gasteiger partial charge in [0.2, 0.25) is 5.91 Å². The monoisotopic (exact) mass is 318 g/mol. The standard InChI is InChI=1S/C20H18N2O2/c1-3-12-22-19-11-7-6-10-17(19)18(21-14(2)23)13-15-8-4-5-9-16(15)20(22)24/h3-11,13H,1,12H2,2H3,(H,21,23)/b18-13+. The summed E-state index contributed by atoms with van der Waals surface area (Å²) in [7, 11) is 0. The van der Waals surface area contributed by atoms with Gasteiger partial charge < -0.3 is 10.2 Å². The number of benzene rings is 2. The summed E-state index contributed by atoms with van der Waals surface area (Å²) in [6.45, 7) is 5.62. The zero-order valence-corrected chi connectivity index (χ0v) is 13.5. The van der Waals surface area contributed by atoms with E-state index in [1.54, 1.807) is 17.0 Å². The van der Waals surface area contributed by atoms with Crippen molar-refractivity contribution in [3.63, 3.8) is 0 Å². The normalized spacial score (nSPS) is 15.3. The van der Waals surface area contributed by atoms with Crippen LogP contribution in [0.3, 0.4) is 0 Å². The molecule has 24 heavy (non-hydrogen) atoms. The molecular weight excluding hydrogens is 300 g/mol. The molecule has 0 aromatic heterocycles. The van der Waals surface area contributed by atoms with Crippen LogP contribution >= 0.6 is 0 Å². The molecule has 0 atom stereocenters. The van der Waals surface area contributed by atoms with Crippen molar-refractivity contribution in [1.29, 1.82) is 0 Å². The number of para-hydroxylation sites is 1. The summed E-state index contributed by atoms with van der Waals surface area (Å²) >= 11 is 0. The maximum Gasteiger partial charge on any atom is 0.259 e. The Morgan fingerprint density at radius 3 is 2.50 bits per heavy atom. The highest BCUT2D eigenvalue weighted by molar-refractivity contribution is 6.12. The van der Waals surface area contributed by atoms with Crippen LogP contribution < -0.4 is 10.2 Å². The molecule has 4 nitrogen and oxygen atoms in total. The number of nitrogens with one attached hydrogen (secondary N) is 1. The zero-order valence-electron chi connectivity index (χ0n) is 13.5. The van der Waals surface area contributed by atoms with E-state index in [4.69, 9.17) is 0 Å². The third-order valence-electron chi connectivity index (χ3n) is 3.84. The minimum absolute atomic E-state index is 0.0870. The summed E-state index contributed by atoms with van der Waals surface area (Å²) in [5.74, 6) is -0.244. The number of anilines is 1. The lowest BCUT2D eigenvalue weighted by molar-refractivity contribution is -0.117. The summed E-state index contributed by atoms with van der Waals surface area (Å²) in [5, 5.41) is 2.88. The molecule has 1 N–H and O–H groups in total. The molecule has 1 aliphatic rings. The summed E-state index contributed by atoms with van der Waals surface area (Å²) in [6.07, 6.45) is 3.54. The van der Waals surface area contributed by atoms with Gasteiger partial charge in [0.25, 0.3) is 5.91 Å². The Hall–Kier alpha value is -3.14. The molecule has 0 saturated heterocycles. The van der Waals surface area contributed by atoms with Crippen molar-refractivity contribution < 1.29 is 9.59 Å². The first-order chi connectivity index (χ1) is 11.6. The average molecular weight is 318 g/mol. The van der Waals surface area contributed by atoms with E-state index < -0.39 is 0 Å². The molecule has 2 aromatic rings. The second-order valence-electron chi connectivity index (χ2n) is 5.55. The fraction of sp³-hybridized carbons (Fsp3) is 0.100. The van der Waals surface area contributed by atoms with Gasteiger partial charge >= 0.3 is 0 Å². The lowest BCUT2D eigenvalue weighted by Crippen LogP contribution is -2.34. The molecule has 0 radical (unpaired) electrons. The van der Waals surface area contributed by atoms with Gasteiger partial charge in [-0.2, -0.15) is 0 Å². The van der Waals surface area contributed by atoms with E-state index >= 15 is 0 Å². The number of hydrogen-bond donors (Lipinski definition) is 1. The minimum atomic E-state index is -0.157. The Kier molecular flexibility index (Phi) is 4.29. The second kappa shape index (κ2) is 6.54. The number of fused-ring (bicyclic) bond motifs is 2. The van der Waals surface area contributed by atoms with Crippen molar-refractivity contribution in [3.8, 4) is 0 Å². The summed E-state index contributed by atoms with van der Waals surface area (Å²) in [6, 6.07) is 14.9. The number of rotatable bonds is 3. The molecule has 0 aliphatic carbocycles.